The van der Waals surface area contributed by atoms with Gasteiger partial charge >= 0.3 is 24.5 Å². The second-order valence-electron chi connectivity index (χ2n) is 10.9. The Labute approximate surface area is 226 Å². The van der Waals surface area contributed by atoms with Crippen LogP contribution in [0.25, 0.3) is 0 Å². The van der Waals surface area contributed by atoms with E-state index in [0.29, 0.717) is 44.6 Å². The van der Waals surface area contributed by atoms with E-state index in [1.165, 1.54) is 4.90 Å². The molecule has 2 aliphatic rings. The molecule has 0 unspecified atom stereocenters. The van der Waals surface area contributed by atoms with Crippen molar-refractivity contribution < 1.29 is 45.4 Å². The number of fused-ring (bicyclic) bond motifs is 1. The number of halogens is 6. The average Bonchev–Trinajstić information content (AvgIpc) is 3.28. The molecular weight excluding hydrogens is 546 g/mol. The van der Waals surface area contributed by atoms with Crippen LogP contribution in [0.5, 0.6) is 0 Å². The second-order valence-corrected chi connectivity index (χ2v) is 10.9. The quantitative estimate of drug-likeness (QED) is 0.408. The zero-order valence-electron chi connectivity index (χ0n) is 22.2. The molecule has 2 aromatic rings. The maximum atomic E-state index is 13.1. The van der Waals surface area contributed by atoms with Crippen molar-refractivity contribution >= 4 is 12.2 Å². The van der Waals surface area contributed by atoms with E-state index in [9.17, 15) is 35.9 Å². The lowest BCUT2D eigenvalue weighted by atomic mass is 9.93. The number of likely N-dealkylation sites (tertiary alicyclic amines) is 1. The van der Waals surface area contributed by atoms with Crippen LogP contribution in [0.4, 0.5) is 35.9 Å². The number of amides is 2. The minimum atomic E-state index is -4.99. The van der Waals surface area contributed by atoms with Crippen LogP contribution in [0.3, 0.4) is 0 Å². The number of aromatic nitrogens is 2. The first-order chi connectivity index (χ1) is 18.5. The van der Waals surface area contributed by atoms with Crippen molar-refractivity contribution in [3.8, 4) is 0 Å². The Balaban J connectivity index is 1.35. The molecule has 0 spiro atoms. The minimum Gasteiger partial charge on any atom is -0.445 e. The van der Waals surface area contributed by atoms with E-state index in [2.05, 4.69) is 5.10 Å². The van der Waals surface area contributed by atoms with Crippen molar-refractivity contribution in [1.82, 2.24) is 19.6 Å². The van der Waals surface area contributed by atoms with Crippen molar-refractivity contribution in [2.75, 3.05) is 19.6 Å². The molecule has 1 aromatic heterocycles. The molecule has 1 fully saturated rings. The van der Waals surface area contributed by atoms with Crippen molar-refractivity contribution in [2.45, 2.75) is 77.2 Å². The maximum absolute atomic E-state index is 13.1. The fraction of sp³-hybridized carbons (Fsp3) is 0.577. The molecule has 0 bridgehead atoms. The van der Waals surface area contributed by atoms with Crippen LogP contribution in [0.1, 0.15) is 67.6 Å². The van der Waals surface area contributed by atoms with E-state index >= 15 is 0 Å². The van der Waals surface area contributed by atoms with Gasteiger partial charge in [0.15, 0.2) is 0 Å². The van der Waals surface area contributed by atoms with Gasteiger partial charge in [0.05, 0.1) is 35.6 Å². The second kappa shape index (κ2) is 10.8. The highest BCUT2D eigenvalue weighted by atomic mass is 19.4. The number of hydrogen-bond donors (Lipinski definition) is 0. The highest BCUT2D eigenvalue weighted by molar-refractivity contribution is 5.68. The summed E-state index contributed by atoms with van der Waals surface area (Å²) >= 11 is 0. The standard InChI is InChI=1S/C26H30F6N4O4/c1-24(2,3)40-23(38)34-6-4-17(5-7-34)21-13-20-14-35(8-9-36(20)33-21)22(37)39-15-16-10-18(25(27,28)29)12-19(11-16)26(30,31)32/h10-13,17H,4-9,14-15H2,1-3H3. The van der Waals surface area contributed by atoms with Crippen LogP contribution in [0.2, 0.25) is 0 Å². The Hall–Kier alpha value is -3.45. The summed E-state index contributed by atoms with van der Waals surface area (Å²) in [6.07, 6.45) is -9.81. The first-order valence-corrected chi connectivity index (χ1v) is 12.7. The fourth-order valence-corrected chi connectivity index (χ4v) is 4.67. The topological polar surface area (TPSA) is 76.9 Å². The van der Waals surface area contributed by atoms with Gasteiger partial charge in [0.2, 0.25) is 0 Å². The smallest absolute Gasteiger partial charge is 0.416 e. The molecule has 0 saturated carbocycles. The monoisotopic (exact) mass is 576 g/mol. The lowest BCUT2D eigenvalue weighted by Gasteiger charge is -2.32. The van der Waals surface area contributed by atoms with Gasteiger partial charge < -0.3 is 19.3 Å². The molecular formula is C26H30F6N4O4. The third kappa shape index (κ3) is 7.19. The Morgan fingerprint density at radius 3 is 2.00 bits per heavy atom. The number of carbonyl (C=O) groups is 2. The molecule has 220 valence electrons. The first kappa shape index (κ1) is 29.5. The van der Waals surface area contributed by atoms with Gasteiger partial charge in [-0.15, -0.1) is 0 Å². The first-order valence-electron chi connectivity index (χ1n) is 12.7. The number of benzene rings is 1. The summed E-state index contributed by atoms with van der Waals surface area (Å²) in [5, 5.41) is 4.65. The Morgan fingerprint density at radius 1 is 0.850 bits per heavy atom. The molecule has 0 atom stereocenters. The van der Waals surface area contributed by atoms with Crippen molar-refractivity contribution in [1.29, 1.82) is 0 Å². The van der Waals surface area contributed by atoms with E-state index in [1.54, 1.807) is 30.4 Å². The normalized spacial score (nSPS) is 17.0. The molecule has 4 rings (SSSR count). The Morgan fingerprint density at radius 2 is 1.45 bits per heavy atom. The molecule has 0 aliphatic carbocycles. The van der Waals surface area contributed by atoms with E-state index in [0.717, 1.165) is 11.4 Å². The lowest BCUT2D eigenvalue weighted by molar-refractivity contribution is -0.143. The predicted octanol–water partition coefficient (Wildman–Crippen LogP) is 6.19. The molecule has 0 N–H and O–H groups in total. The van der Waals surface area contributed by atoms with Gasteiger partial charge in [0, 0.05) is 25.6 Å². The van der Waals surface area contributed by atoms with Gasteiger partial charge in [-0.1, -0.05) is 0 Å². The van der Waals surface area contributed by atoms with Crippen LogP contribution in [0, 0.1) is 0 Å². The molecule has 14 heteroatoms. The number of nitrogens with zero attached hydrogens (tertiary/aromatic N) is 4. The number of ether oxygens (including phenoxy) is 2. The van der Waals surface area contributed by atoms with Crippen LogP contribution in [-0.2, 0) is 41.5 Å². The number of piperidine rings is 1. The average molecular weight is 577 g/mol. The van der Waals surface area contributed by atoms with E-state index in [-0.39, 0.29) is 31.2 Å². The van der Waals surface area contributed by atoms with Gasteiger partial charge in [0.25, 0.3) is 0 Å². The summed E-state index contributed by atoms with van der Waals surface area (Å²) in [7, 11) is 0. The molecule has 1 saturated heterocycles. The van der Waals surface area contributed by atoms with Gasteiger partial charge in [-0.05, 0) is 63.4 Å². The SMILES string of the molecule is CC(C)(C)OC(=O)N1CCC(c2cc3n(n2)CCN(C(=O)OCc2cc(C(F)(F)F)cc(C(F)(F)F)c2)C3)CC1. The summed E-state index contributed by atoms with van der Waals surface area (Å²) in [6.45, 7) is 6.40. The van der Waals surface area contributed by atoms with Gasteiger partial charge in [-0.25, -0.2) is 9.59 Å². The number of alkyl halides is 6. The van der Waals surface area contributed by atoms with Crippen molar-refractivity contribution in [3.05, 3.63) is 52.3 Å². The summed E-state index contributed by atoms with van der Waals surface area (Å²) in [4.78, 5) is 27.9. The van der Waals surface area contributed by atoms with Gasteiger partial charge in [-0.3, -0.25) is 4.68 Å². The molecule has 3 heterocycles. The van der Waals surface area contributed by atoms with Gasteiger partial charge in [-0.2, -0.15) is 31.4 Å². The highest BCUT2D eigenvalue weighted by Crippen LogP contribution is 2.36. The fourth-order valence-electron chi connectivity index (χ4n) is 4.67. The largest absolute Gasteiger partial charge is 0.445 e. The summed E-state index contributed by atoms with van der Waals surface area (Å²) in [5.74, 6) is 0.112. The molecule has 2 aliphatic heterocycles. The van der Waals surface area contributed by atoms with Crippen molar-refractivity contribution in [3.63, 3.8) is 0 Å². The molecule has 40 heavy (non-hydrogen) atoms. The Kier molecular flexibility index (Phi) is 8.01. The molecule has 8 nitrogen and oxygen atoms in total. The summed E-state index contributed by atoms with van der Waals surface area (Å²) in [5.41, 5.74) is -2.39. The van der Waals surface area contributed by atoms with Gasteiger partial charge in [0.1, 0.15) is 12.2 Å². The third-order valence-corrected chi connectivity index (χ3v) is 6.65. The zero-order valence-corrected chi connectivity index (χ0v) is 22.2. The summed E-state index contributed by atoms with van der Waals surface area (Å²) in [6, 6.07) is 2.97. The predicted molar refractivity (Wildman–Crippen MR) is 129 cm³/mol. The zero-order chi connectivity index (χ0) is 29.5. The number of carbonyl (C=O) groups excluding carboxylic acids is 2. The third-order valence-electron chi connectivity index (χ3n) is 6.65. The molecule has 2 amide bonds. The van der Waals surface area contributed by atoms with E-state index in [1.807, 2.05) is 6.07 Å². The Bertz CT molecular complexity index is 1210. The van der Waals surface area contributed by atoms with Crippen LogP contribution < -0.4 is 0 Å². The lowest BCUT2D eigenvalue weighted by Crippen LogP contribution is -2.41. The molecule has 1 aromatic carbocycles. The highest BCUT2D eigenvalue weighted by Gasteiger charge is 2.37. The van der Waals surface area contributed by atoms with E-state index < -0.39 is 47.3 Å². The van der Waals surface area contributed by atoms with Crippen molar-refractivity contribution in [2.24, 2.45) is 0 Å². The minimum absolute atomic E-state index is 0.0239. The molecule has 0 radical (unpaired) electrons. The van der Waals surface area contributed by atoms with Crippen LogP contribution >= 0.6 is 0 Å². The van der Waals surface area contributed by atoms with Crippen LogP contribution in [0.15, 0.2) is 24.3 Å². The summed E-state index contributed by atoms with van der Waals surface area (Å²) < 4.78 is 90.9. The maximum Gasteiger partial charge on any atom is 0.416 e. The number of rotatable bonds is 3. The van der Waals surface area contributed by atoms with Crippen LogP contribution in [-0.4, -0.2) is 57.0 Å². The number of hydrogen-bond acceptors (Lipinski definition) is 5. The van der Waals surface area contributed by atoms with E-state index in [4.69, 9.17) is 9.47 Å².